The maximum Gasteiger partial charge on any atom is 0.241 e. The monoisotopic (exact) mass is 249 g/mol. The van der Waals surface area contributed by atoms with Crippen molar-refractivity contribution in [3.8, 4) is 0 Å². The molecule has 0 aliphatic carbocycles. The van der Waals surface area contributed by atoms with Crippen LogP contribution in [0.5, 0.6) is 0 Å². The van der Waals surface area contributed by atoms with E-state index in [1.54, 1.807) is 12.1 Å². The summed E-state index contributed by atoms with van der Waals surface area (Å²) in [6.07, 6.45) is 0. The lowest BCUT2D eigenvalue weighted by atomic mass is 10.2. The van der Waals surface area contributed by atoms with E-state index >= 15 is 0 Å². The summed E-state index contributed by atoms with van der Waals surface area (Å²) in [6, 6.07) is 7.38. The minimum Gasteiger partial charge on any atom is -0.399 e. The maximum absolute atomic E-state index is 12.1. The van der Waals surface area contributed by atoms with Gasteiger partial charge in [-0.15, -0.1) is 0 Å². The number of nitrogens with two attached hydrogens (primary N) is 1. The van der Waals surface area contributed by atoms with E-state index in [0.29, 0.717) is 11.7 Å². The van der Waals surface area contributed by atoms with Crippen molar-refractivity contribution in [3.05, 3.63) is 24.3 Å². The van der Waals surface area contributed by atoms with Crippen LogP contribution < -0.4 is 11.1 Å². The average molecular weight is 249 g/mol. The standard InChI is InChI=1S/C14H23N3O/c1-5-17(10(2)3)11(4)14(18)16-13-8-6-12(15)7-9-13/h6-11H,5,15H2,1-4H3,(H,16,18). The van der Waals surface area contributed by atoms with Crippen molar-refractivity contribution in [1.29, 1.82) is 0 Å². The lowest BCUT2D eigenvalue weighted by molar-refractivity contribution is -0.121. The van der Waals surface area contributed by atoms with E-state index in [9.17, 15) is 4.79 Å². The van der Waals surface area contributed by atoms with Crippen molar-refractivity contribution >= 4 is 17.3 Å². The Morgan fingerprint density at radius 2 is 1.83 bits per heavy atom. The average Bonchev–Trinajstić information content (AvgIpc) is 2.32. The molecule has 1 rings (SSSR count). The molecule has 0 heterocycles. The number of carbonyl (C=O) groups excluding carboxylic acids is 1. The first-order chi connectivity index (χ1) is 8.45. The molecule has 0 fully saturated rings. The Balaban J connectivity index is 2.67. The normalized spacial score (nSPS) is 12.8. The van der Waals surface area contributed by atoms with E-state index in [-0.39, 0.29) is 11.9 Å². The number of nitrogen functional groups attached to an aromatic ring is 1. The molecule has 0 radical (unpaired) electrons. The number of benzene rings is 1. The number of hydrogen-bond donors (Lipinski definition) is 2. The van der Waals surface area contributed by atoms with Crippen molar-refractivity contribution in [1.82, 2.24) is 4.90 Å². The third-order valence-electron chi connectivity index (χ3n) is 3.08. The topological polar surface area (TPSA) is 58.4 Å². The molecule has 0 aliphatic heterocycles. The summed E-state index contributed by atoms with van der Waals surface area (Å²) in [5, 5.41) is 2.90. The van der Waals surface area contributed by atoms with Gasteiger partial charge in [0.25, 0.3) is 0 Å². The summed E-state index contributed by atoms with van der Waals surface area (Å²) in [5.74, 6) is 0.00956. The van der Waals surface area contributed by atoms with Gasteiger partial charge in [-0.3, -0.25) is 9.69 Å². The van der Waals surface area contributed by atoms with Crippen LogP contribution in [0, 0.1) is 0 Å². The number of carbonyl (C=O) groups is 1. The first-order valence-corrected chi connectivity index (χ1v) is 6.37. The summed E-state index contributed by atoms with van der Waals surface area (Å²) in [6.45, 7) is 9.03. The summed E-state index contributed by atoms with van der Waals surface area (Å²) in [7, 11) is 0. The molecule has 0 saturated carbocycles. The molecule has 0 bridgehead atoms. The summed E-state index contributed by atoms with van der Waals surface area (Å²) < 4.78 is 0. The zero-order valence-electron chi connectivity index (χ0n) is 11.6. The number of rotatable bonds is 5. The molecule has 1 amide bonds. The van der Waals surface area contributed by atoms with Gasteiger partial charge < -0.3 is 11.1 Å². The zero-order chi connectivity index (χ0) is 13.7. The van der Waals surface area contributed by atoms with Crippen LogP contribution >= 0.6 is 0 Å². The molecule has 4 nitrogen and oxygen atoms in total. The SMILES string of the molecule is CCN(C(C)C)C(C)C(=O)Nc1ccc(N)cc1. The van der Waals surface area contributed by atoms with Gasteiger partial charge >= 0.3 is 0 Å². The Labute approximate surface area is 109 Å². The Kier molecular flexibility index (Phi) is 5.16. The number of nitrogens with zero attached hydrogens (tertiary/aromatic N) is 1. The van der Waals surface area contributed by atoms with Crippen molar-refractivity contribution in [3.63, 3.8) is 0 Å². The van der Waals surface area contributed by atoms with E-state index < -0.39 is 0 Å². The van der Waals surface area contributed by atoms with E-state index in [1.165, 1.54) is 0 Å². The lowest BCUT2D eigenvalue weighted by Gasteiger charge is -2.30. The molecule has 18 heavy (non-hydrogen) atoms. The second kappa shape index (κ2) is 6.40. The highest BCUT2D eigenvalue weighted by Gasteiger charge is 2.21. The molecule has 0 saturated heterocycles. The van der Waals surface area contributed by atoms with Crippen LogP contribution in [0.25, 0.3) is 0 Å². The van der Waals surface area contributed by atoms with E-state index in [4.69, 9.17) is 5.73 Å². The Morgan fingerprint density at radius 1 is 1.28 bits per heavy atom. The van der Waals surface area contributed by atoms with Gasteiger partial charge in [-0.25, -0.2) is 0 Å². The van der Waals surface area contributed by atoms with Crippen molar-refractivity contribution in [2.45, 2.75) is 39.8 Å². The third-order valence-corrected chi connectivity index (χ3v) is 3.08. The minimum absolute atomic E-state index is 0.00956. The first kappa shape index (κ1) is 14.5. The van der Waals surface area contributed by atoms with Crippen LogP contribution in [0.1, 0.15) is 27.7 Å². The van der Waals surface area contributed by atoms with Gasteiger partial charge in [0.05, 0.1) is 6.04 Å². The molecule has 3 N–H and O–H groups in total. The molecular weight excluding hydrogens is 226 g/mol. The predicted molar refractivity (Wildman–Crippen MR) is 76.5 cm³/mol. The highest BCUT2D eigenvalue weighted by Crippen LogP contribution is 2.12. The highest BCUT2D eigenvalue weighted by molar-refractivity contribution is 5.94. The molecular formula is C14H23N3O. The molecule has 1 atom stereocenters. The highest BCUT2D eigenvalue weighted by atomic mass is 16.2. The van der Waals surface area contributed by atoms with Crippen LogP contribution in [0.2, 0.25) is 0 Å². The summed E-state index contributed by atoms with van der Waals surface area (Å²) >= 11 is 0. The molecule has 100 valence electrons. The second-order valence-electron chi connectivity index (χ2n) is 4.71. The molecule has 4 heteroatoms. The summed E-state index contributed by atoms with van der Waals surface area (Å²) in [5.41, 5.74) is 7.08. The number of amides is 1. The lowest BCUT2D eigenvalue weighted by Crippen LogP contribution is -2.45. The van der Waals surface area contributed by atoms with E-state index in [0.717, 1.165) is 12.2 Å². The largest absolute Gasteiger partial charge is 0.399 e. The predicted octanol–water partition coefficient (Wildman–Crippen LogP) is 2.33. The van der Waals surface area contributed by atoms with Crippen LogP contribution in [0.4, 0.5) is 11.4 Å². The van der Waals surface area contributed by atoms with Crippen molar-refractivity contribution in [2.75, 3.05) is 17.6 Å². The number of nitrogens with one attached hydrogen (secondary N) is 1. The van der Waals surface area contributed by atoms with Gasteiger partial charge in [0.2, 0.25) is 5.91 Å². The fourth-order valence-corrected chi connectivity index (χ4v) is 2.05. The van der Waals surface area contributed by atoms with Gasteiger partial charge in [0, 0.05) is 17.4 Å². The number of hydrogen-bond acceptors (Lipinski definition) is 3. The zero-order valence-corrected chi connectivity index (χ0v) is 11.6. The van der Waals surface area contributed by atoms with Crippen molar-refractivity contribution < 1.29 is 4.79 Å². The molecule has 1 aromatic rings. The second-order valence-corrected chi connectivity index (χ2v) is 4.71. The molecule has 0 aliphatic rings. The first-order valence-electron chi connectivity index (χ1n) is 6.37. The maximum atomic E-state index is 12.1. The number of likely N-dealkylation sites (N-methyl/N-ethyl adjacent to an activating group) is 1. The molecule has 0 spiro atoms. The van der Waals surface area contributed by atoms with E-state index in [1.807, 2.05) is 19.1 Å². The van der Waals surface area contributed by atoms with Crippen LogP contribution in [0.3, 0.4) is 0 Å². The molecule has 0 aromatic heterocycles. The van der Waals surface area contributed by atoms with Crippen molar-refractivity contribution in [2.24, 2.45) is 0 Å². The Morgan fingerprint density at radius 3 is 2.28 bits per heavy atom. The van der Waals surface area contributed by atoms with E-state index in [2.05, 4.69) is 31.0 Å². The fourth-order valence-electron chi connectivity index (χ4n) is 2.05. The van der Waals surface area contributed by atoms with Crippen LogP contribution in [0.15, 0.2) is 24.3 Å². The van der Waals surface area contributed by atoms with Gasteiger partial charge in [0.15, 0.2) is 0 Å². The van der Waals surface area contributed by atoms with Gasteiger partial charge in [-0.1, -0.05) is 6.92 Å². The van der Waals surface area contributed by atoms with Gasteiger partial charge in [-0.2, -0.15) is 0 Å². The third kappa shape index (κ3) is 3.74. The quantitative estimate of drug-likeness (QED) is 0.787. The smallest absolute Gasteiger partial charge is 0.241 e. The van der Waals surface area contributed by atoms with Crippen LogP contribution in [-0.2, 0) is 4.79 Å². The number of anilines is 2. The fraction of sp³-hybridized carbons (Fsp3) is 0.500. The van der Waals surface area contributed by atoms with Gasteiger partial charge in [-0.05, 0) is 51.6 Å². The van der Waals surface area contributed by atoms with Gasteiger partial charge in [0.1, 0.15) is 0 Å². The minimum atomic E-state index is -0.146. The molecule has 1 aromatic carbocycles. The Hall–Kier alpha value is -1.55. The Bertz CT molecular complexity index is 387. The summed E-state index contributed by atoms with van der Waals surface area (Å²) in [4.78, 5) is 14.3. The van der Waals surface area contributed by atoms with Crippen LogP contribution in [-0.4, -0.2) is 29.4 Å². The molecule has 1 unspecified atom stereocenters.